The van der Waals surface area contributed by atoms with Crippen LogP contribution < -0.4 is 0 Å². The van der Waals surface area contributed by atoms with E-state index in [1.54, 1.807) is 13.8 Å². The molecule has 0 amide bonds. The second-order valence-electron chi connectivity index (χ2n) is 6.01. The predicted octanol–water partition coefficient (Wildman–Crippen LogP) is 4.63. The number of carbonyl (C=O) groups is 1. The molecule has 0 saturated carbocycles. The Hall–Kier alpha value is -2.65. The van der Waals surface area contributed by atoms with Crippen molar-refractivity contribution in [2.45, 2.75) is 32.0 Å². The van der Waals surface area contributed by atoms with Crippen LogP contribution in [0.4, 0.5) is 18.9 Å². The highest BCUT2D eigenvalue weighted by atomic mass is 79.9. The molecule has 0 saturated heterocycles. The maximum Gasteiger partial charge on any atom is 0.407 e. The summed E-state index contributed by atoms with van der Waals surface area (Å²) in [5, 5.41) is 13.0. The number of alkyl halides is 3. The van der Waals surface area contributed by atoms with Gasteiger partial charge in [-0.3, -0.25) is 9.48 Å². The van der Waals surface area contributed by atoms with Crippen LogP contribution in [0.1, 0.15) is 30.5 Å². The minimum atomic E-state index is -4.68. The number of Topliss-reactive ketones (excluding diaryl/α,β-unsaturated/α-hetero) is 1. The molecule has 26 heavy (non-hydrogen) atoms. The van der Waals surface area contributed by atoms with Gasteiger partial charge in [0.15, 0.2) is 11.5 Å². The van der Waals surface area contributed by atoms with Gasteiger partial charge in [-0.05, 0) is 35.3 Å². The third kappa shape index (κ3) is 3.78. The molecule has 0 radical (unpaired) electrons. The number of benzene rings is 1. The van der Waals surface area contributed by atoms with Gasteiger partial charge in [-0.15, -0.1) is 0 Å². The van der Waals surface area contributed by atoms with Gasteiger partial charge in [-0.25, -0.2) is 4.85 Å². The number of hydrogen-bond donors (Lipinski definition) is 0. The van der Waals surface area contributed by atoms with Crippen LogP contribution >= 0.6 is 15.9 Å². The van der Waals surface area contributed by atoms with E-state index in [-0.39, 0.29) is 27.9 Å². The molecule has 134 valence electrons. The zero-order chi connectivity index (χ0) is 19.7. The SMILES string of the molecule is [C-]#[N+]c1ccc(CC(=O)C(C)(C)n2cc(C#N)c(Br)n2)cc1C(F)(F)F. The highest BCUT2D eigenvalue weighted by Gasteiger charge is 2.35. The molecule has 1 heterocycles. The molecule has 2 rings (SSSR count). The van der Waals surface area contributed by atoms with E-state index < -0.39 is 23.0 Å². The molecule has 0 aliphatic heterocycles. The zero-order valence-electron chi connectivity index (χ0n) is 13.7. The summed E-state index contributed by atoms with van der Waals surface area (Å²) >= 11 is 3.11. The van der Waals surface area contributed by atoms with Gasteiger partial charge in [-0.2, -0.15) is 23.5 Å². The van der Waals surface area contributed by atoms with E-state index in [2.05, 4.69) is 25.9 Å². The topological polar surface area (TPSA) is 63.0 Å². The van der Waals surface area contributed by atoms with Gasteiger partial charge in [-0.1, -0.05) is 18.2 Å². The van der Waals surface area contributed by atoms with Crippen LogP contribution in [0.15, 0.2) is 29.0 Å². The molecule has 0 unspecified atom stereocenters. The van der Waals surface area contributed by atoms with E-state index in [1.165, 1.54) is 16.9 Å². The maximum absolute atomic E-state index is 13.1. The fraction of sp³-hybridized carbons (Fsp3) is 0.294. The number of rotatable bonds is 4. The van der Waals surface area contributed by atoms with Crippen LogP contribution in [0.25, 0.3) is 4.85 Å². The molecule has 0 fully saturated rings. The third-order valence-electron chi connectivity index (χ3n) is 3.90. The van der Waals surface area contributed by atoms with Crippen molar-refractivity contribution >= 4 is 27.4 Å². The highest BCUT2D eigenvalue weighted by Crippen LogP contribution is 2.37. The number of ketones is 1. The van der Waals surface area contributed by atoms with E-state index in [9.17, 15) is 18.0 Å². The molecule has 5 nitrogen and oxygen atoms in total. The Kier molecular flexibility index (Phi) is 5.24. The molecular formula is C17H12BrF3N4O. The maximum atomic E-state index is 13.1. The summed E-state index contributed by atoms with van der Waals surface area (Å²) in [5.74, 6) is -0.388. The molecule has 1 aromatic carbocycles. The van der Waals surface area contributed by atoms with E-state index in [0.29, 0.717) is 0 Å². The van der Waals surface area contributed by atoms with Gasteiger partial charge >= 0.3 is 6.18 Å². The predicted molar refractivity (Wildman–Crippen MR) is 90.4 cm³/mol. The lowest BCUT2D eigenvalue weighted by molar-refractivity contribution is -0.137. The average molecular weight is 425 g/mol. The molecule has 0 bridgehead atoms. The van der Waals surface area contributed by atoms with Crippen LogP contribution in [-0.2, 0) is 22.9 Å². The van der Waals surface area contributed by atoms with Crippen molar-refractivity contribution in [3.8, 4) is 6.07 Å². The number of carbonyl (C=O) groups excluding carboxylic acids is 1. The lowest BCUT2D eigenvalue weighted by Gasteiger charge is -2.24. The second-order valence-corrected chi connectivity index (χ2v) is 6.76. The fourth-order valence-electron chi connectivity index (χ4n) is 2.26. The molecule has 2 aromatic rings. The Morgan fingerprint density at radius 1 is 1.42 bits per heavy atom. The lowest BCUT2D eigenvalue weighted by Crippen LogP contribution is -2.37. The molecule has 0 aliphatic rings. The molecule has 1 aromatic heterocycles. The Bertz CT molecular complexity index is 948. The van der Waals surface area contributed by atoms with E-state index in [4.69, 9.17) is 11.8 Å². The first-order valence-corrected chi connectivity index (χ1v) is 8.06. The van der Waals surface area contributed by atoms with Crippen LogP contribution in [0.2, 0.25) is 0 Å². The molecular weight excluding hydrogens is 413 g/mol. The van der Waals surface area contributed by atoms with E-state index >= 15 is 0 Å². The summed E-state index contributed by atoms with van der Waals surface area (Å²) in [7, 11) is 0. The smallest absolute Gasteiger partial charge is 0.297 e. The monoisotopic (exact) mass is 424 g/mol. The molecule has 0 atom stereocenters. The summed E-state index contributed by atoms with van der Waals surface area (Å²) in [4.78, 5) is 15.5. The van der Waals surface area contributed by atoms with Gasteiger partial charge in [0.2, 0.25) is 0 Å². The Morgan fingerprint density at radius 3 is 2.58 bits per heavy atom. The largest absolute Gasteiger partial charge is 0.407 e. The van der Waals surface area contributed by atoms with E-state index in [1.807, 2.05) is 6.07 Å². The zero-order valence-corrected chi connectivity index (χ0v) is 15.3. The molecule has 9 heteroatoms. The third-order valence-corrected chi connectivity index (χ3v) is 4.48. The lowest BCUT2D eigenvalue weighted by atomic mass is 9.93. The summed E-state index contributed by atoms with van der Waals surface area (Å²) in [6, 6.07) is 5.13. The van der Waals surface area contributed by atoms with Crippen molar-refractivity contribution in [3.63, 3.8) is 0 Å². The van der Waals surface area contributed by atoms with E-state index in [0.717, 1.165) is 12.1 Å². The van der Waals surface area contributed by atoms with Crippen molar-refractivity contribution in [1.29, 1.82) is 5.26 Å². The number of nitriles is 1. The Labute approximate surface area is 156 Å². The van der Waals surface area contributed by atoms with Crippen LogP contribution in [-0.4, -0.2) is 15.6 Å². The van der Waals surface area contributed by atoms with Crippen LogP contribution in [0, 0.1) is 17.9 Å². The van der Waals surface area contributed by atoms with Gasteiger partial charge < -0.3 is 0 Å². The van der Waals surface area contributed by atoms with Gasteiger partial charge in [0.25, 0.3) is 0 Å². The van der Waals surface area contributed by atoms with Crippen molar-refractivity contribution in [2.24, 2.45) is 0 Å². The Balaban J connectivity index is 2.34. The number of nitrogens with zero attached hydrogens (tertiary/aromatic N) is 4. The standard InChI is InChI=1S/C17H12BrF3N4O/c1-16(2,25-9-11(8-22)15(18)24-25)14(26)7-10-4-5-13(23-3)12(6-10)17(19,20)21/h4-6,9H,7H2,1-2H3. The molecule has 0 spiro atoms. The van der Waals surface area contributed by atoms with Gasteiger partial charge in [0.1, 0.15) is 21.8 Å². The summed E-state index contributed by atoms with van der Waals surface area (Å²) in [6.07, 6.45) is -3.55. The van der Waals surface area contributed by atoms with Crippen molar-refractivity contribution in [3.05, 3.63) is 57.1 Å². The van der Waals surface area contributed by atoms with Crippen molar-refractivity contribution in [1.82, 2.24) is 9.78 Å². The summed E-state index contributed by atoms with van der Waals surface area (Å²) in [6.45, 7) is 9.97. The minimum absolute atomic E-state index is 0.148. The van der Waals surface area contributed by atoms with Crippen molar-refractivity contribution < 1.29 is 18.0 Å². The Morgan fingerprint density at radius 2 is 2.08 bits per heavy atom. The number of aromatic nitrogens is 2. The van der Waals surface area contributed by atoms with Crippen LogP contribution in [0.3, 0.4) is 0 Å². The normalized spacial score (nSPS) is 11.7. The quantitative estimate of drug-likeness (QED) is 0.671. The van der Waals surface area contributed by atoms with Crippen molar-refractivity contribution in [2.75, 3.05) is 0 Å². The second kappa shape index (κ2) is 6.93. The molecule has 0 N–H and O–H groups in total. The fourth-order valence-corrected chi connectivity index (χ4v) is 2.62. The first-order chi connectivity index (χ1) is 12.0. The average Bonchev–Trinajstić information content (AvgIpc) is 2.95. The van der Waals surface area contributed by atoms with Gasteiger partial charge in [0.05, 0.1) is 12.1 Å². The van der Waals surface area contributed by atoms with Crippen LogP contribution in [0.5, 0.6) is 0 Å². The number of halogens is 4. The van der Waals surface area contributed by atoms with Gasteiger partial charge in [0, 0.05) is 12.6 Å². The summed E-state index contributed by atoms with van der Waals surface area (Å²) < 4.78 is 40.8. The highest BCUT2D eigenvalue weighted by molar-refractivity contribution is 9.10. The summed E-state index contributed by atoms with van der Waals surface area (Å²) in [5.41, 5.74) is -2.36. The number of hydrogen-bond acceptors (Lipinski definition) is 3. The first-order valence-electron chi connectivity index (χ1n) is 7.27. The first kappa shape index (κ1) is 19.7. The molecule has 0 aliphatic carbocycles. The minimum Gasteiger partial charge on any atom is -0.297 e.